The van der Waals surface area contributed by atoms with Gasteiger partial charge in [0.15, 0.2) is 16.8 Å². The molecular formula is C23H25F2N5O3S2. The molecule has 2 aliphatic rings. The minimum atomic E-state index is -3.76. The van der Waals surface area contributed by atoms with Crippen LogP contribution < -0.4 is 14.5 Å². The highest BCUT2D eigenvalue weighted by Gasteiger charge is 2.38. The quantitative estimate of drug-likeness (QED) is 0.535. The van der Waals surface area contributed by atoms with Gasteiger partial charge in [0.05, 0.1) is 10.9 Å². The van der Waals surface area contributed by atoms with Crippen LogP contribution in [0.4, 0.5) is 25.3 Å². The van der Waals surface area contributed by atoms with Crippen LogP contribution in [0.3, 0.4) is 0 Å². The average molecular weight is 522 g/mol. The lowest BCUT2D eigenvalue weighted by molar-refractivity contribution is -0.121. The molecule has 8 nitrogen and oxygen atoms in total. The second kappa shape index (κ2) is 9.51. The molecule has 3 aromatic rings. The number of carbonyl (C=O) groups is 1. The van der Waals surface area contributed by atoms with E-state index in [1.807, 2.05) is 4.90 Å². The predicted molar refractivity (Wildman–Crippen MR) is 132 cm³/mol. The Morgan fingerprint density at radius 2 is 1.69 bits per heavy atom. The first-order valence-electron chi connectivity index (χ1n) is 11.1. The first kappa shape index (κ1) is 23.6. The molecule has 0 radical (unpaired) electrons. The minimum Gasteiger partial charge on any atom is -0.369 e. The van der Waals surface area contributed by atoms with Gasteiger partial charge in [-0.2, -0.15) is 0 Å². The van der Waals surface area contributed by atoms with Crippen LogP contribution in [0.2, 0.25) is 0 Å². The van der Waals surface area contributed by atoms with E-state index in [0.717, 1.165) is 6.07 Å². The molecule has 1 aromatic heterocycles. The molecule has 1 amide bonds. The van der Waals surface area contributed by atoms with Crippen LogP contribution in [0.25, 0.3) is 0 Å². The fraction of sp³-hybridized carbons (Fsp3) is 0.304. The zero-order valence-corrected chi connectivity index (χ0v) is 20.2. The lowest BCUT2D eigenvalue weighted by Gasteiger charge is -2.38. The van der Waals surface area contributed by atoms with E-state index in [-0.39, 0.29) is 23.4 Å². The lowest BCUT2D eigenvalue weighted by Crippen LogP contribution is -2.52. The van der Waals surface area contributed by atoms with Gasteiger partial charge in [-0.15, -0.1) is 11.3 Å². The molecule has 35 heavy (non-hydrogen) atoms. The number of nitrogens with one attached hydrogen (secondary N) is 1. The Morgan fingerprint density at radius 3 is 2.34 bits per heavy atom. The van der Waals surface area contributed by atoms with Crippen LogP contribution in [-0.4, -0.2) is 63.0 Å². The van der Waals surface area contributed by atoms with E-state index < -0.39 is 21.7 Å². The third-order valence-corrected chi connectivity index (χ3v) is 8.49. The number of hydrogen-bond acceptors (Lipinski definition) is 7. The third-order valence-electron chi connectivity index (χ3n) is 6.31. The molecule has 5 rings (SSSR count). The van der Waals surface area contributed by atoms with Crippen molar-refractivity contribution in [1.29, 1.82) is 0 Å². The number of piperazine rings is 1. The smallest absolute Gasteiger partial charge is 0.263 e. The second-order valence-corrected chi connectivity index (χ2v) is 10.9. The van der Waals surface area contributed by atoms with E-state index in [1.54, 1.807) is 28.5 Å². The highest BCUT2D eigenvalue weighted by molar-refractivity contribution is 7.93. The number of rotatable bonds is 6. The Morgan fingerprint density at radius 1 is 0.971 bits per heavy atom. The number of sulfonamides is 1. The number of carbonyl (C=O) groups excluding carboxylic acids is 1. The maximum absolute atomic E-state index is 13.6. The summed E-state index contributed by atoms with van der Waals surface area (Å²) < 4.78 is 54.3. The summed E-state index contributed by atoms with van der Waals surface area (Å²) in [4.78, 5) is 23.0. The van der Waals surface area contributed by atoms with Gasteiger partial charge in [0.25, 0.3) is 10.0 Å². The van der Waals surface area contributed by atoms with E-state index in [4.69, 9.17) is 0 Å². The number of aromatic nitrogens is 1. The zero-order chi connectivity index (χ0) is 24.6. The number of nitrogens with zero attached hydrogens (tertiary/aromatic N) is 4. The normalized spacial score (nSPS) is 19.4. The van der Waals surface area contributed by atoms with Crippen molar-refractivity contribution < 1.29 is 23.4 Å². The van der Waals surface area contributed by atoms with Crippen LogP contribution >= 0.6 is 11.3 Å². The van der Waals surface area contributed by atoms with Gasteiger partial charge in [-0.3, -0.25) is 14.4 Å². The van der Waals surface area contributed by atoms with Crippen molar-refractivity contribution in [3.8, 4) is 0 Å². The molecule has 3 heterocycles. The second-order valence-electron chi connectivity index (χ2n) is 8.35. The summed E-state index contributed by atoms with van der Waals surface area (Å²) in [6.45, 7) is 3.00. The van der Waals surface area contributed by atoms with Gasteiger partial charge >= 0.3 is 0 Å². The number of halogens is 2. The predicted octanol–water partition coefficient (Wildman–Crippen LogP) is 3.40. The van der Waals surface area contributed by atoms with Gasteiger partial charge in [0, 0.05) is 63.2 Å². The maximum atomic E-state index is 13.6. The SMILES string of the molecule is O=C1[C@@H](N2CCN(c3ccc(F)c(F)c3)CC2)CCN1c1ccc(S(=O)(=O)Nc2nccs2)cc1.[HH]. The molecule has 1 N–H and O–H groups in total. The third kappa shape index (κ3) is 4.86. The molecular weight excluding hydrogens is 496 g/mol. The first-order valence-corrected chi connectivity index (χ1v) is 13.5. The summed E-state index contributed by atoms with van der Waals surface area (Å²) in [7, 11) is -3.76. The fourth-order valence-electron chi connectivity index (χ4n) is 4.49. The van der Waals surface area contributed by atoms with Gasteiger partial charge in [-0.05, 0) is 42.8 Å². The van der Waals surface area contributed by atoms with E-state index in [1.165, 1.54) is 35.7 Å². The standard InChI is InChI=1S/C23H23F2N5O3S2.H2/c24-19-6-3-17(15-20(19)25)28-10-12-29(13-11-28)21-7-9-30(22(21)31)16-1-4-18(5-2-16)35(32,33)27-23-26-8-14-34-23;/h1-6,8,14-15,21H,7,9-13H2,(H,26,27);1H/t21-;/m0./s1. The van der Waals surface area contributed by atoms with Gasteiger partial charge < -0.3 is 9.80 Å². The summed E-state index contributed by atoms with van der Waals surface area (Å²) in [6, 6.07) is 9.85. The molecule has 12 heteroatoms. The monoisotopic (exact) mass is 521 g/mol. The van der Waals surface area contributed by atoms with Gasteiger partial charge in [0.1, 0.15) is 0 Å². The van der Waals surface area contributed by atoms with Crippen molar-refractivity contribution in [2.45, 2.75) is 17.4 Å². The molecule has 0 bridgehead atoms. The molecule has 2 aliphatic heterocycles. The lowest BCUT2D eigenvalue weighted by atomic mass is 10.1. The van der Waals surface area contributed by atoms with Crippen molar-refractivity contribution in [3.63, 3.8) is 0 Å². The van der Waals surface area contributed by atoms with Crippen LogP contribution in [-0.2, 0) is 14.8 Å². The summed E-state index contributed by atoms with van der Waals surface area (Å²) in [5.41, 5.74) is 1.27. The molecule has 2 saturated heterocycles. The van der Waals surface area contributed by atoms with Crippen LogP contribution in [0, 0.1) is 11.6 Å². The number of hydrogen-bond donors (Lipinski definition) is 1. The highest BCUT2D eigenvalue weighted by Crippen LogP contribution is 2.28. The van der Waals surface area contributed by atoms with Gasteiger partial charge in [0.2, 0.25) is 5.91 Å². The summed E-state index contributed by atoms with van der Waals surface area (Å²) >= 11 is 1.19. The average Bonchev–Trinajstić information content (AvgIpc) is 3.50. The number of anilines is 3. The molecule has 0 spiro atoms. The molecule has 186 valence electrons. The topological polar surface area (TPSA) is 85.9 Å². The minimum absolute atomic E-state index is 0. The molecule has 1 atom stereocenters. The number of thiazole rings is 1. The number of amides is 1. The molecule has 2 aromatic carbocycles. The molecule has 0 aliphatic carbocycles. The van der Waals surface area contributed by atoms with Crippen molar-refractivity contribution in [2.24, 2.45) is 0 Å². The zero-order valence-electron chi connectivity index (χ0n) is 18.6. The van der Waals surface area contributed by atoms with Crippen LogP contribution in [0.5, 0.6) is 0 Å². The van der Waals surface area contributed by atoms with Gasteiger partial charge in [-0.25, -0.2) is 22.2 Å². The van der Waals surface area contributed by atoms with Crippen LogP contribution in [0.15, 0.2) is 58.9 Å². The molecule has 0 saturated carbocycles. The van der Waals surface area contributed by atoms with E-state index in [9.17, 15) is 22.0 Å². The highest BCUT2D eigenvalue weighted by atomic mass is 32.2. The van der Waals surface area contributed by atoms with Crippen molar-refractivity contribution in [1.82, 2.24) is 9.88 Å². The van der Waals surface area contributed by atoms with E-state index in [0.29, 0.717) is 50.5 Å². The Kier molecular flexibility index (Phi) is 6.43. The fourth-order valence-corrected chi connectivity index (χ4v) is 6.28. The largest absolute Gasteiger partial charge is 0.369 e. The van der Waals surface area contributed by atoms with E-state index >= 15 is 0 Å². The van der Waals surface area contributed by atoms with Crippen molar-refractivity contribution in [3.05, 3.63) is 65.7 Å². The van der Waals surface area contributed by atoms with E-state index in [2.05, 4.69) is 14.6 Å². The van der Waals surface area contributed by atoms with Crippen molar-refractivity contribution in [2.75, 3.05) is 47.2 Å². The summed E-state index contributed by atoms with van der Waals surface area (Å²) in [6.07, 6.45) is 2.18. The summed E-state index contributed by atoms with van der Waals surface area (Å²) in [5.74, 6) is -1.77. The molecule has 2 fully saturated rings. The molecule has 0 unspecified atom stereocenters. The van der Waals surface area contributed by atoms with Crippen LogP contribution in [0.1, 0.15) is 7.85 Å². The Bertz CT molecular complexity index is 1320. The Balaban J connectivity index is 0.00000304. The first-order chi connectivity index (χ1) is 16.8. The van der Waals surface area contributed by atoms with Crippen molar-refractivity contribution >= 4 is 43.8 Å². The summed E-state index contributed by atoms with van der Waals surface area (Å²) in [5, 5.41) is 1.97. The van der Waals surface area contributed by atoms with Gasteiger partial charge in [-0.1, -0.05) is 0 Å². The number of benzene rings is 2. The maximum Gasteiger partial charge on any atom is 0.263 e. The Labute approximate surface area is 207 Å². The Hall–Kier alpha value is -3.09.